The summed E-state index contributed by atoms with van der Waals surface area (Å²) >= 11 is 0. The SMILES string of the molecule is Nn1cnc2c(C3CCCCC3)nc(Nc3ccc(N4CCOCC4)cc3)nc21. The van der Waals surface area contributed by atoms with E-state index in [1.165, 1.54) is 29.6 Å². The first-order valence-electron chi connectivity index (χ1n) is 10.5. The number of hydrogen-bond donors (Lipinski definition) is 2. The van der Waals surface area contributed by atoms with E-state index < -0.39 is 0 Å². The summed E-state index contributed by atoms with van der Waals surface area (Å²) in [6.45, 7) is 3.42. The van der Waals surface area contributed by atoms with Crippen molar-refractivity contribution in [1.29, 1.82) is 0 Å². The second kappa shape index (κ2) is 7.87. The fourth-order valence-corrected chi connectivity index (χ4v) is 4.36. The molecule has 2 fully saturated rings. The van der Waals surface area contributed by atoms with E-state index in [1.54, 1.807) is 6.33 Å². The topological polar surface area (TPSA) is 94.1 Å². The van der Waals surface area contributed by atoms with Crippen molar-refractivity contribution < 1.29 is 4.74 Å². The van der Waals surface area contributed by atoms with Gasteiger partial charge in [-0.05, 0) is 37.1 Å². The molecule has 3 heterocycles. The van der Waals surface area contributed by atoms with Gasteiger partial charge in [-0.15, -0.1) is 0 Å². The first-order chi connectivity index (χ1) is 14.3. The molecule has 2 aromatic heterocycles. The molecule has 8 nitrogen and oxygen atoms in total. The van der Waals surface area contributed by atoms with E-state index in [9.17, 15) is 0 Å². The Hall–Kier alpha value is -2.87. The Kier molecular flexibility index (Phi) is 4.93. The monoisotopic (exact) mass is 393 g/mol. The number of hydrogen-bond acceptors (Lipinski definition) is 7. The van der Waals surface area contributed by atoms with Crippen LogP contribution in [0.4, 0.5) is 17.3 Å². The summed E-state index contributed by atoms with van der Waals surface area (Å²) in [6.07, 6.45) is 7.70. The molecule has 0 unspecified atom stereocenters. The number of rotatable bonds is 4. The third-order valence-corrected chi connectivity index (χ3v) is 5.94. The number of nitrogens with zero attached hydrogens (tertiary/aromatic N) is 5. The van der Waals surface area contributed by atoms with Crippen LogP contribution in [-0.4, -0.2) is 45.9 Å². The van der Waals surface area contributed by atoms with Crippen molar-refractivity contribution in [3.8, 4) is 0 Å². The van der Waals surface area contributed by atoms with Gasteiger partial charge in [0.25, 0.3) is 0 Å². The highest BCUT2D eigenvalue weighted by Crippen LogP contribution is 2.35. The van der Waals surface area contributed by atoms with Crippen LogP contribution >= 0.6 is 0 Å². The van der Waals surface area contributed by atoms with Crippen LogP contribution < -0.4 is 16.1 Å². The van der Waals surface area contributed by atoms with Crippen LogP contribution in [-0.2, 0) is 4.74 Å². The molecular weight excluding hydrogens is 366 g/mol. The van der Waals surface area contributed by atoms with Crippen LogP contribution in [0.5, 0.6) is 0 Å². The molecule has 0 spiro atoms. The Morgan fingerprint density at radius 1 is 1.00 bits per heavy atom. The quantitative estimate of drug-likeness (QED) is 0.658. The molecule has 1 aliphatic carbocycles. The standard InChI is InChI=1S/C21H27N7O/c22-28-14-23-19-18(15-4-2-1-3-5-15)25-21(26-20(19)28)24-16-6-8-17(9-7-16)27-10-12-29-13-11-27/h6-9,14-15H,1-5,10-13,22H2,(H,24,25,26). The van der Waals surface area contributed by atoms with Crippen molar-refractivity contribution in [3.63, 3.8) is 0 Å². The molecule has 0 amide bonds. The molecule has 0 atom stereocenters. The Morgan fingerprint density at radius 2 is 1.76 bits per heavy atom. The Balaban J connectivity index is 1.41. The molecule has 5 rings (SSSR count). The van der Waals surface area contributed by atoms with E-state index in [0.717, 1.165) is 56.0 Å². The molecule has 1 aromatic carbocycles. The summed E-state index contributed by atoms with van der Waals surface area (Å²) in [5.41, 5.74) is 4.68. The van der Waals surface area contributed by atoms with Crippen LogP contribution in [0, 0.1) is 0 Å². The van der Waals surface area contributed by atoms with Crippen LogP contribution in [0.2, 0.25) is 0 Å². The normalized spacial score (nSPS) is 18.3. The number of benzene rings is 1. The van der Waals surface area contributed by atoms with Gasteiger partial charge in [0.2, 0.25) is 5.95 Å². The van der Waals surface area contributed by atoms with E-state index in [1.807, 2.05) is 0 Å². The van der Waals surface area contributed by atoms with Gasteiger partial charge in [0.15, 0.2) is 5.65 Å². The molecule has 1 aliphatic heterocycles. The maximum absolute atomic E-state index is 6.06. The van der Waals surface area contributed by atoms with Gasteiger partial charge in [0.1, 0.15) is 11.8 Å². The van der Waals surface area contributed by atoms with Crippen LogP contribution in [0.15, 0.2) is 30.6 Å². The number of nitrogens with one attached hydrogen (secondary N) is 1. The van der Waals surface area contributed by atoms with Crippen LogP contribution in [0.25, 0.3) is 11.2 Å². The highest BCUT2D eigenvalue weighted by molar-refractivity contribution is 5.76. The van der Waals surface area contributed by atoms with E-state index in [4.69, 9.17) is 15.6 Å². The van der Waals surface area contributed by atoms with Crippen molar-refractivity contribution in [2.75, 3.05) is 42.4 Å². The van der Waals surface area contributed by atoms with E-state index in [-0.39, 0.29) is 0 Å². The van der Waals surface area contributed by atoms with E-state index in [0.29, 0.717) is 17.5 Å². The number of nitrogen functional groups attached to an aromatic ring is 1. The number of fused-ring (bicyclic) bond motifs is 1. The highest BCUT2D eigenvalue weighted by atomic mass is 16.5. The van der Waals surface area contributed by atoms with Gasteiger partial charge >= 0.3 is 0 Å². The molecule has 1 saturated heterocycles. The lowest BCUT2D eigenvalue weighted by atomic mass is 9.86. The first-order valence-corrected chi connectivity index (χ1v) is 10.5. The van der Waals surface area contributed by atoms with Crippen molar-refractivity contribution in [2.24, 2.45) is 0 Å². The van der Waals surface area contributed by atoms with Gasteiger partial charge in [0.05, 0.1) is 18.9 Å². The molecular formula is C21H27N7O. The Morgan fingerprint density at radius 3 is 2.52 bits per heavy atom. The average Bonchev–Trinajstić information content (AvgIpc) is 3.16. The van der Waals surface area contributed by atoms with Crippen molar-refractivity contribution in [3.05, 3.63) is 36.3 Å². The predicted molar refractivity (Wildman–Crippen MR) is 114 cm³/mol. The van der Waals surface area contributed by atoms with E-state index in [2.05, 4.69) is 44.5 Å². The summed E-state index contributed by atoms with van der Waals surface area (Å²) in [7, 11) is 0. The number of ether oxygens (including phenoxy) is 1. The largest absolute Gasteiger partial charge is 0.378 e. The zero-order chi connectivity index (χ0) is 19.6. The molecule has 0 bridgehead atoms. The van der Waals surface area contributed by atoms with Gasteiger partial charge in [-0.1, -0.05) is 19.3 Å². The van der Waals surface area contributed by atoms with Gasteiger partial charge < -0.3 is 20.8 Å². The number of nitrogens with two attached hydrogens (primary N) is 1. The molecule has 29 heavy (non-hydrogen) atoms. The molecule has 1 saturated carbocycles. The summed E-state index contributed by atoms with van der Waals surface area (Å²) in [5, 5.41) is 3.36. The summed E-state index contributed by atoms with van der Waals surface area (Å²) in [5.74, 6) is 7.06. The van der Waals surface area contributed by atoms with Crippen molar-refractivity contribution >= 4 is 28.5 Å². The number of anilines is 3. The lowest BCUT2D eigenvalue weighted by Gasteiger charge is -2.28. The summed E-state index contributed by atoms with van der Waals surface area (Å²) < 4.78 is 6.92. The van der Waals surface area contributed by atoms with Gasteiger partial charge in [-0.25, -0.2) is 14.6 Å². The predicted octanol–water partition coefficient (Wildman–Crippen LogP) is 3.17. The zero-order valence-corrected chi connectivity index (χ0v) is 16.5. The molecule has 152 valence electrons. The fourth-order valence-electron chi connectivity index (χ4n) is 4.36. The minimum Gasteiger partial charge on any atom is -0.378 e. The lowest BCUT2D eigenvalue weighted by Crippen LogP contribution is -2.36. The smallest absolute Gasteiger partial charge is 0.229 e. The fraction of sp³-hybridized carbons (Fsp3) is 0.476. The third kappa shape index (κ3) is 3.72. The number of aromatic nitrogens is 4. The maximum atomic E-state index is 6.06. The van der Waals surface area contributed by atoms with Gasteiger partial charge in [-0.2, -0.15) is 4.98 Å². The summed E-state index contributed by atoms with van der Waals surface area (Å²) in [6, 6.07) is 8.39. The molecule has 3 aromatic rings. The average molecular weight is 393 g/mol. The Labute approximate surface area is 170 Å². The molecule has 3 N–H and O–H groups in total. The van der Waals surface area contributed by atoms with Crippen LogP contribution in [0.3, 0.4) is 0 Å². The minimum atomic E-state index is 0.424. The molecule has 8 heteroatoms. The van der Waals surface area contributed by atoms with Gasteiger partial charge in [0, 0.05) is 30.4 Å². The maximum Gasteiger partial charge on any atom is 0.229 e. The number of morpholine rings is 1. The molecule has 2 aliphatic rings. The molecule has 0 radical (unpaired) electrons. The first kappa shape index (κ1) is 18.2. The van der Waals surface area contributed by atoms with Crippen molar-refractivity contribution in [2.45, 2.75) is 38.0 Å². The highest BCUT2D eigenvalue weighted by Gasteiger charge is 2.23. The number of imidazole rings is 1. The van der Waals surface area contributed by atoms with Gasteiger partial charge in [-0.3, -0.25) is 0 Å². The van der Waals surface area contributed by atoms with Crippen LogP contribution in [0.1, 0.15) is 43.7 Å². The third-order valence-electron chi connectivity index (χ3n) is 5.94. The lowest BCUT2D eigenvalue weighted by molar-refractivity contribution is 0.122. The van der Waals surface area contributed by atoms with E-state index >= 15 is 0 Å². The zero-order valence-electron chi connectivity index (χ0n) is 16.5. The second-order valence-electron chi connectivity index (χ2n) is 7.86. The minimum absolute atomic E-state index is 0.424. The second-order valence-corrected chi connectivity index (χ2v) is 7.86. The Bertz CT molecular complexity index is 973. The van der Waals surface area contributed by atoms with Crippen molar-refractivity contribution in [1.82, 2.24) is 19.6 Å². The summed E-state index contributed by atoms with van der Waals surface area (Å²) in [4.78, 5) is 16.3.